The lowest BCUT2D eigenvalue weighted by molar-refractivity contribution is -0.133. The number of tetrazole rings is 1. The Balaban J connectivity index is 1.59. The quantitative estimate of drug-likeness (QED) is 0.710. The van der Waals surface area contributed by atoms with Gasteiger partial charge in [-0.2, -0.15) is 0 Å². The first-order valence-corrected chi connectivity index (χ1v) is 9.81. The second kappa shape index (κ2) is 7.25. The van der Waals surface area contributed by atoms with Crippen LogP contribution < -0.4 is 0 Å². The number of nitrogens with zero attached hydrogens (tertiary/aromatic N) is 6. The molecule has 1 atom stereocenters. The van der Waals surface area contributed by atoms with Crippen molar-refractivity contribution < 1.29 is 9.53 Å². The van der Waals surface area contributed by atoms with Crippen molar-refractivity contribution in [3.8, 4) is 0 Å². The third kappa shape index (κ3) is 3.00. The highest BCUT2D eigenvalue weighted by Gasteiger charge is 2.56. The Kier molecular flexibility index (Phi) is 4.93. The SMILES string of the molecule is COCCn1nnnc1C1(N(C)C)CCN(C(=O)C2(c3ccccc3)CC2)C1. The zero-order valence-electron chi connectivity index (χ0n) is 16.8. The van der Waals surface area contributed by atoms with Crippen LogP contribution in [-0.2, 0) is 27.0 Å². The topological polar surface area (TPSA) is 76.4 Å². The minimum absolute atomic E-state index is 0.235. The first kappa shape index (κ1) is 19.0. The van der Waals surface area contributed by atoms with E-state index in [1.165, 1.54) is 0 Å². The molecule has 0 spiro atoms. The Morgan fingerprint density at radius 2 is 1.96 bits per heavy atom. The van der Waals surface area contributed by atoms with E-state index in [4.69, 9.17) is 4.74 Å². The zero-order valence-corrected chi connectivity index (χ0v) is 16.8. The second-order valence-electron chi connectivity index (χ2n) is 8.07. The Morgan fingerprint density at radius 1 is 1.21 bits per heavy atom. The lowest BCUT2D eigenvalue weighted by atomic mass is 9.93. The predicted octanol–water partition coefficient (Wildman–Crippen LogP) is 1.04. The molecule has 1 aromatic carbocycles. The van der Waals surface area contributed by atoms with Gasteiger partial charge in [0.1, 0.15) is 5.54 Å². The maximum Gasteiger partial charge on any atom is 0.233 e. The van der Waals surface area contributed by atoms with Gasteiger partial charge in [-0.05, 0) is 49.3 Å². The molecule has 1 aliphatic heterocycles. The summed E-state index contributed by atoms with van der Waals surface area (Å²) < 4.78 is 7.00. The molecule has 1 aromatic heterocycles. The maximum absolute atomic E-state index is 13.5. The van der Waals surface area contributed by atoms with Crippen molar-refractivity contribution in [3.63, 3.8) is 0 Å². The molecule has 8 heteroatoms. The van der Waals surface area contributed by atoms with Crippen LogP contribution in [0.1, 0.15) is 30.7 Å². The summed E-state index contributed by atoms with van der Waals surface area (Å²) in [5, 5.41) is 12.4. The monoisotopic (exact) mass is 384 g/mol. The molecule has 28 heavy (non-hydrogen) atoms. The first-order valence-electron chi connectivity index (χ1n) is 9.81. The van der Waals surface area contributed by atoms with Gasteiger partial charge in [0.15, 0.2) is 5.82 Å². The van der Waals surface area contributed by atoms with E-state index in [0.29, 0.717) is 26.2 Å². The number of aromatic nitrogens is 4. The number of benzene rings is 1. The van der Waals surface area contributed by atoms with E-state index in [1.54, 1.807) is 7.11 Å². The third-order valence-corrected chi connectivity index (χ3v) is 6.33. The molecule has 1 amide bonds. The molecule has 2 aromatic rings. The van der Waals surface area contributed by atoms with Gasteiger partial charge in [-0.3, -0.25) is 9.69 Å². The minimum atomic E-state index is -0.389. The Morgan fingerprint density at radius 3 is 2.61 bits per heavy atom. The van der Waals surface area contributed by atoms with Crippen LogP contribution in [0.4, 0.5) is 0 Å². The predicted molar refractivity (Wildman–Crippen MR) is 104 cm³/mol. The van der Waals surface area contributed by atoms with Crippen LogP contribution in [0.2, 0.25) is 0 Å². The molecule has 4 rings (SSSR count). The van der Waals surface area contributed by atoms with E-state index in [9.17, 15) is 4.79 Å². The number of methoxy groups -OCH3 is 1. The first-order chi connectivity index (χ1) is 13.5. The van der Waals surface area contributed by atoms with Crippen LogP contribution in [0.25, 0.3) is 0 Å². The summed E-state index contributed by atoms with van der Waals surface area (Å²) in [4.78, 5) is 17.7. The van der Waals surface area contributed by atoms with Crippen molar-refractivity contribution in [1.82, 2.24) is 30.0 Å². The molecule has 1 unspecified atom stereocenters. The molecule has 0 N–H and O–H groups in total. The molecule has 0 radical (unpaired) electrons. The number of carbonyl (C=O) groups excluding carboxylic acids is 1. The Bertz CT molecular complexity index is 832. The van der Waals surface area contributed by atoms with E-state index < -0.39 is 0 Å². The van der Waals surface area contributed by atoms with Gasteiger partial charge >= 0.3 is 0 Å². The highest BCUT2D eigenvalue weighted by atomic mass is 16.5. The van der Waals surface area contributed by atoms with Crippen molar-refractivity contribution >= 4 is 5.91 Å². The normalized spacial score (nSPS) is 23.4. The molecule has 0 bridgehead atoms. The van der Waals surface area contributed by atoms with E-state index >= 15 is 0 Å². The van der Waals surface area contributed by atoms with E-state index in [2.05, 4.69) is 32.6 Å². The fraction of sp³-hybridized carbons (Fsp3) is 0.600. The lowest BCUT2D eigenvalue weighted by Crippen LogP contribution is -2.48. The highest BCUT2D eigenvalue weighted by molar-refractivity contribution is 5.91. The molecule has 150 valence electrons. The lowest BCUT2D eigenvalue weighted by Gasteiger charge is -2.35. The van der Waals surface area contributed by atoms with Crippen LogP contribution in [0.3, 0.4) is 0 Å². The van der Waals surface area contributed by atoms with Crippen molar-refractivity contribution in [3.05, 3.63) is 41.7 Å². The van der Waals surface area contributed by atoms with Gasteiger partial charge in [0.25, 0.3) is 0 Å². The number of likely N-dealkylation sites (tertiary alicyclic amines) is 1. The number of ether oxygens (including phenoxy) is 1. The molecular formula is C20H28N6O2. The van der Waals surface area contributed by atoms with E-state index in [0.717, 1.165) is 30.7 Å². The van der Waals surface area contributed by atoms with Gasteiger partial charge in [-0.1, -0.05) is 30.3 Å². The summed E-state index contributed by atoms with van der Waals surface area (Å²) in [5.74, 6) is 1.03. The van der Waals surface area contributed by atoms with Crippen molar-refractivity contribution in [2.75, 3.05) is 40.9 Å². The average molecular weight is 384 g/mol. The number of likely N-dealkylation sites (N-methyl/N-ethyl adjacent to an activating group) is 1. The standard InChI is InChI=1S/C20H28N6O2/c1-24(2)20(17-21-22-23-26(17)13-14-28-3)11-12-25(15-20)18(27)19(9-10-19)16-7-5-4-6-8-16/h4-8H,9-15H2,1-3H3. The number of amides is 1. The van der Waals surface area contributed by atoms with Gasteiger partial charge in [0.05, 0.1) is 18.6 Å². The smallest absolute Gasteiger partial charge is 0.233 e. The Hall–Kier alpha value is -2.32. The maximum atomic E-state index is 13.5. The van der Waals surface area contributed by atoms with Crippen LogP contribution >= 0.6 is 0 Å². The van der Waals surface area contributed by atoms with Gasteiger partial charge in [0.2, 0.25) is 5.91 Å². The molecule has 2 aliphatic rings. The van der Waals surface area contributed by atoms with Crippen LogP contribution in [-0.4, -0.2) is 76.8 Å². The molecular weight excluding hydrogens is 356 g/mol. The average Bonchev–Trinajstić information content (AvgIpc) is 3.17. The molecule has 1 saturated heterocycles. The van der Waals surface area contributed by atoms with Crippen LogP contribution in [0.15, 0.2) is 30.3 Å². The van der Waals surface area contributed by atoms with Gasteiger partial charge in [-0.25, -0.2) is 4.68 Å². The summed E-state index contributed by atoms with van der Waals surface area (Å²) in [6, 6.07) is 10.2. The van der Waals surface area contributed by atoms with Crippen molar-refractivity contribution in [1.29, 1.82) is 0 Å². The van der Waals surface area contributed by atoms with Crippen LogP contribution in [0, 0.1) is 0 Å². The fourth-order valence-corrected chi connectivity index (χ4v) is 4.39. The van der Waals surface area contributed by atoms with Crippen molar-refractivity contribution in [2.45, 2.75) is 36.8 Å². The van der Waals surface area contributed by atoms with Crippen LogP contribution in [0.5, 0.6) is 0 Å². The number of hydrogen-bond acceptors (Lipinski definition) is 6. The summed E-state index contributed by atoms with van der Waals surface area (Å²) in [6.07, 6.45) is 2.66. The number of carbonyl (C=O) groups is 1. The van der Waals surface area contributed by atoms with Gasteiger partial charge < -0.3 is 9.64 Å². The summed E-state index contributed by atoms with van der Waals surface area (Å²) in [7, 11) is 5.74. The minimum Gasteiger partial charge on any atom is -0.383 e. The molecule has 2 fully saturated rings. The summed E-state index contributed by atoms with van der Waals surface area (Å²) >= 11 is 0. The summed E-state index contributed by atoms with van der Waals surface area (Å²) in [6.45, 7) is 2.45. The molecule has 2 heterocycles. The number of rotatable bonds is 7. The van der Waals surface area contributed by atoms with Crippen molar-refractivity contribution in [2.24, 2.45) is 0 Å². The molecule has 8 nitrogen and oxygen atoms in total. The summed E-state index contributed by atoms with van der Waals surface area (Å²) in [5.41, 5.74) is 0.401. The number of hydrogen-bond donors (Lipinski definition) is 0. The zero-order chi connectivity index (χ0) is 19.8. The Labute approximate surface area is 165 Å². The van der Waals surface area contributed by atoms with Gasteiger partial charge in [0, 0.05) is 20.2 Å². The fourth-order valence-electron chi connectivity index (χ4n) is 4.39. The third-order valence-electron chi connectivity index (χ3n) is 6.33. The largest absolute Gasteiger partial charge is 0.383 e. The van der Waals surface area contributed by atoms with E-state index in [-0.39, 0.29) is 16.9 Å². The second-order valence-corrected chi connectivity index (χ2v) is 8.07. The van der Waals surface area contributed by atoms with E-state index in [1.807, 2.05) is 41.9 Å². The highest BCUT2D eigenvalue weighted by Crippen LogP contribution is 2.50. The molecule has 1 aliphatic carbocycles. The van der Waals surface area contributed by atoms with Gasteiger partial charge in [-0.15, -0.1) is 5.10 Å². The molecule has 1 saturated carbocycles.